The topological polar surface area (TPSA) is 49.4 Å². The van der Waals surface area contributed by atoms with Crippen LogP contribution in [0.1, 0.15) is 30.9 Å². The maximum Gasteiger partial charge on any atom is 0.325 e. The van der Waals surface area contributed by atoms with Crippen molar-refractivity contribution in [3.05, 3.63) is 69.9 Å². The molecule has 1 aliphatic rings. The second-order valence-electron chi connectivity index (χ2n) is 6.08. The molecule has 0 saturated carbocycles. The number of halogens is 2. The van der Waals surface area contributed by atoms with E-state index >= 15 is 0 Å². The van der Waals surface area contributed by atoms with E-state index in [0.29, 0.717) is 16.5 Å². The molecule has 3 rings (SSSR count). The number of carbonyl (C=O) groups is 2. The number of carbonyl (C=O) groups excluding carboxylic acids is 2. The SMILES string of the molecule is CCCC1(c2ccccc2)NC(=O)N(Cc2ccc(F)cc2Br)C1=O. The molecule has 3 amide bonds. The van der Waals surface area contributed by atoms with Gasteiger partial charge in [0.15, 0.2) is 0 Å². The molecule has 4 nitrogen and oxygen atoms in total. The Morgan fingerprint density at radius 3 is 2.52 bits per heavy atom. The normalized spacial score (nSPS) is 20.0. The van der Waals surface area contributed by atoms with Gasteiger partial charge in [-0.15, -0.1) is 0 Å². The number of amides is 3. The summed E-state index contributed by atoms with van der Waals surface area (Å²) in [7, 11) is 0. The molecule has 2 aromatic carbocycles. The largest absolute Gasteiger partial charge is 0.325 e. The van der Waals surface area contributed by atoms with E-state index < -0.39 is 11.6 Å². The maximum absolute atomic E-state index is 13.3. The van der Waals surface area contributed by atoms with Crippen LogP contribution < -0.4 is 5.32 Å². The predicted octanol–water partition coefficient (Wildman–Crippen LogP) is 4.34. The van der Waals surface area contributed by atoms with Gasteiger partial charge in [-0.05, 0) is 29.7 Å². The average molecular weight is 405 g/mol. The molecular weight excluding hydrogens is 387 g/mol. The highest BCUT2D eigenvalue weighted by Crippen LogP contribution is 2.35. The van der Waals surface area contributed by atoms with Crippen molar-refractivity contribution in [2.45, 2.75) is 31.8 Å². The first-order chi connectivity index (χ1) is 12.0. The summed E-state index contributed by atoms with van der Waals surface area (Å²) in [6.07, 6.45) is 1.26. The van der Waals surface area contributed by atoms with Crippen LogP contribution in [0.2, 0.25) is 0 Å². The van der Waals surface area contributed by atoms with Crippen LogP contribution in [0, 0.1) is 5.82 Å². The lowest BCUT2D eigenvalue weighted by atomic mass is 9.85. The zero-order chi connectivity index (χ0) is 18.0. The number of nitrogens with one attached hydrogen (secondary N) is 1. The van der Waals surface area contributed by atoms with Gasteiger partial charge in [0.2, 0.25) is 0 Å². The Hall–Kier alpha value is -2.21. The van der Waals surface area contributed by atoms with E-state index in [1.54, 1.807) is 6.07 Å². The molecule has 1 fully saturated rings. The van der Waals surface area contributed by atoms with Gasteiger partial charge in [-0.2, -0.15) is 0 Å². The lowest BCUT2D eigenvalue weighted by Crippen LogP contribution is -2.43. The van der Waals surface area contributed by atoms with Crippen LogP contribution in [0.25, 0.3) is 0 Å². The third-order valence-corrected chi connectivity index (χ3v) is 5.15. The Morgan fingerprint density at radius 2 is 1.88 bits per heavy atom. The molecule has 1 heterocycles. The van der Waals surface area contributed by atoms with Crippen molar-refractivity contribution in [2.24, 2.45) is 0 Å². The van der Waals surface area contributed by atoms with Gasteiger partial charge < -0.3 is 5.32 Å². The number of urea groups is 1. The van der Waals surface area contributed by atoms with Crippen LogP contribution in [0.15, 0.2) is 53.0 Å². The van der Waals surface area contributed by atoms with Crippen molar-refractivity contribution in [1.29, 1.82) is 0 Å². The first kappa shape index (κ1) is 17.6. The molecule has 130 valence electrons. The summed E-state index contributed by atoms with van der Waals surface area (Å²) in [5.41, 5.74) is 0.403. The minimum Gasteiger partial charge on any atom is -0.319 e. The predicted molar refractivity (Wildman–Crippen MR) is 96.2 cm³/mol. The first-order valence-corrected chi connectivity index (χ1v) is 8.91. The van der Waals surface area contributed by atoms with Crippen molar-refractivity contribution < 1.29 is 14.0 Å². The molecule has 0 radical (unpaired) electrons. The highest BCUT2D eigenvalue weighted by Gasteiger charge is 2.51. The van der Waals surface area contributed by atoms with E-state index in [1.807, 2.05) is 37.3 Å². The second-order valence-corrected chi connectivity index (χ2v) is 6.93. The lowest BCUT2D eigenvalue weighted by molar-refractivity contribution is -0.132. The number of benzene rings is 2. The Kier molecular flexibility index (Phi) is 4.90. The number of nitrogens with zero attached hydrogens (tertiary/aromatic N) is 1. The van der Waals surface area contributed by atoms with Crippen LogP contribution >= 0.6 is 15.9 Å². The van der Waals surface area contributed by atoms with Crippen molar-refractivity contribution in [3.63, 3.8) is 0 Å². The Morgan fingerprint density at radius 1 is 1.16 bits per heavy atom. The molecule has 1 N–H and O–H groups in total. The molecule has 1 atom stereocenters. The lowest BCUT2D eigenvalue weighted by Gasteiger charge is -2.27. The standard InChI is InChI=1S/C19H18BrFN2O2/c1-2-10-19(14-6-4-3-5-7-14)17(24)23(18(25)22-19)12-13-8-9-15(21)11-16(13)20/h3-9,11H,2,10,12H2,1H3,(H,22,25). The maximum atomic E-state index is 13.3. The quantitative estimate of drug-likeness (QED) is 0.753. The van der Waals surface area contributed by atoms with Gasteiger partial charge in [0.25, 0.3) is 5.91 Å². The Balaban J connectivity index is 1.95. The average Bonchev–Trinajstić information content (AvgIpc) is 2.83. The first-order valence-electron chi connectivity index (χ1n) is 8.11. The Labute approximate surface area is 154 Å². The van der Waals surface area contributed by atoms with Gasteiger partial charge in [-0.25, -0.2) is 9.18 Å². The van der Waals surface area contributed by atoms with Crippen LogP contribution in [0.5, 0.6) is 0 Å². The van der Waals surface area contributed by atoms with Gasteiger partial charge >= 0.3 is 6.03 Å². The highest BCUT2D eigenvalue weighted by molar-refractivity contribution is 9.10. The van der Waals surface area contributed by atoms with Crippen LogP contribution in [0.3, 0.4) is 0 Å². The highest BCUT2D eigenvalue weighted by atomic mass is 79.9. The van der Waals surface area contributed by atoms with Crippen molar-refractivity contribution in [2.75, 3.05) is 0 Å². The summed E-state index contributed by atoms with van der Waals surface area (Å²) >= 11 is 3.29. The van der Waals surface area contributed by atoms with Gasteiger partial charge in [-0.3, -0.25) is 9.69 Å². The van der Waals surface area contributed by atoms with Gasteiger partial charge in [0.1, 0.15) is 11.4 Å². The molecule has 0 bridgehead atoms. The van der Waals surface area contributed by atoms with Crippen molar-refractivity contribution >= 4 is 27.9 Å². The van der Waals surface area contributed by atoms with Gasteiger partial charge in [-0.1, -0.05) is 65.7 Å². The fourth-order valence-electron chi connectivity index (χ4n) is 3.20. The number of hydrogen-bond donors (Lipinski definition) is 1. The van der Waals surface area contributed by atoms with Gasteiger partial charge in [0.05, 0.1) is 6.54 Å². The summed E-state index contributed by atoms with van der Waals surface area (Å²) < 4.78 is 13.8. The molecule has 25 heavy (non-hydrogen) atoms. The van der Waals surface area contributed by atoms with Crippen molar-refractivity contribution in [1.82, 2.24) is 10.2 Å². The number of rotatable bonds is 5. The van der Waals surface area contributed by atoms with E-state index in [1.165, 1.54) is 17.0 Å². The summed E-state index contributed by atoms with van der Waals surface area (Å²) in [6.45, 7) is 2.06. The Bertz CT molecular complexity index is 812. The van der Waals surface area contributed by atoms with Crippen molar-refractivity contribution in [3.8, 4) is 0 Å². The second kappa shape index (κ2) is 6.96. The molecule has 6 heteroatoms. The monoisotopic (exact) mass is 404 g/mol. The molecule has 2 aromatic rings. The summed E-state index contributed by atoms with van der Waals surface area (Å²) in [4.78, 5) is 26.9. The molecule has 0 spiro atoms. The third kappa shape index (κ3) is 3.18. The number of hydrogen-bond acceptors (Lipinski definition) is 2. The molecule has 0 aromatic heterocycles. The summed E-state index contributed by atoms with van der Waals surface area (Å²) in [5, 5.41) is 2.88. The van der Waals surface area contributed by atoms with Crippen LogP contribution in [0.4, 0.5) is 9.18 Å². The third-order valence-electron chi connectivity index (χ3n) is 4.41. The molecule has 1 aliphatic heterocycles. The minimum absolute atomic E-state index is 0.0871. The summed E-state index contributed by atoms with van der Waals surface area (Å²) in [6, 6.07) is 13.1. The van der Waals surface area contributed by atoms with Crippen LogP contribution in [-0.2, 0) is 16.9 Å². The summed E-state index contributed by atoms with van der Waals surface area (Å²) in [5.74, 6) is -0.654. The fraction of sp³-hybridized carbons (Fsp3) is 0.263. The van der Waals surface area contributed by atoms with E-state index in [4.69, 9.17) is 0 Å². The van der Waals surface area contributed by atoms with E-state index in [-0.39, 0.29) is 18.3 Å². The molecule has 1 unspecified atom stereocenters. The minimum atomic E-state index is -1.04. The molecular formula is C19H18BrFN2O2. The number of imide groups is 1. The zero-order valence-electron chi connectivity index (χ0n) is 13.8. The van der Waals surface area contributed by atoms with Gasteiger partial charge in [0, 0.05) is 4.47 Å². The zero-order valence-corrected chi connectivity index (χ0v) is 15.3. The van der Waals surface area contributed by atoms with Crippen LogP contribution in [-0.4, -0.2) is 16.8 Å². The smallest absolute Gasteiger partial charge is 0.319 e. The molecule has 1 saturated heterocycles. The molecule has 0 aliphatic carbocycles. The van der Waals surface area contributed by atoms with E-state index in [0.717, 1.165) is 12.0 Å². The van der Waals surface area contributed by atoms with E-state index in [2.05, 4.69) is 21.2 Å². The fourth-order valence-corrected chi connectivity index (χ4v) is 3.67. The van der Waals surface area contributed by atoms with E-state index in [9.17, 15) is 14.0 Å².